The Balaban J connectivity index is 1.70. The topological polar surface area (TPSA) is 71.5 Å². The zero-order valence-corrected chi connectivity index (χ0v) is 14.7. The van der Waals surface area contributed by atoms with Gasteiger partial charge in [0.2, 0.25) is 11.8 Å². The first-order valence-electron chi connectivity index (χ1n) is 8.27. The van der Waals surface area contributed by atoms with Crippen molar-refractivity contribution in [3.8, 4) is 5.88 Å². The van der Waals surface area contributed by atoms with Crippen LogP contribution in [0.5, 0.6) is 5.88 Å². The molecule has 3 rings (SSSR count). The van der Waals surface area contributed by atoms with Gasteiger partial charge in [-0.05, 0) is 42.0 Å². The van der Waals surface area contributed by atoms with Crippen LogP contribution in [0.2, 0.25) is 5.02 Å². The smallest absolute Gasteiger partial charge is 0.224 e. The molecule has 1 aromatic heterocycles. The molecule has 25 heavy (non-hydrogen) atoms. The van der Waals surface area contributed by atoms with Crippen LogP contribution in [-0.4, -0.2) is 29.2 Å². The number of benzene rings is 1. The number of aliphatic hydroxyl groups is 1. The van der Waals surface area contributed by atoms with Crippen LogP contribution in [-0.2, 0) is 11.2 Å². The number of hydrogen-bond donors (Lipinski definition) is 2. The van der Waals surface area contributed by atoms with Gasteiger partial charge in [0.15, 0.2) is 0 Å². The van der Waals surface area contributed by atoms with E-state index in [4.69, 9.17) is 16.3 Å². The number of nitrogens with one attached hydrogen (secondary N) is 1. The minimum Gasteiger partial charge on any atom is -0.481 e. The van der Waals surface area contributed by atoms with Gasteiger partial charge in [0.1, 0.15) is 0 Å². The third-order valence-electron chi connectivity index (χ3n) is 4.54. The Morgan fingerprint density at radius 2 is 2.04 bits per heavy atom. The van der Waals surface area contributed by atoms with Crippen LogP contribution < -0.4 is 10.1 Å². The summed E-state index contributed by atoms with van der Waals surface area (Å²) in [5.41, 5.74) is 1.82. The molecular weight excluding hydrogens is 340 g/mol. The number of halogens is 1. The molecule has 1 aromatic carbocycles. The van der Waals surface area contributed by atoms with Crippen molar-refractivity contribution in [2.24, 2.45) is 5.92 Å². The van der Waals surface area contributed by atoms with Gasteiger partial charge >= 0.3 is 0 Å². The highest BCUT2D eigenvalue weighted by atomic mass is 35.5. The summed E-state index contributed by atoms with van der Waals surface area (Å²) in [6.45, 7) is 0. The molecule has 0 saturated heterocycles. The summed E-state index contributed by atoms with van der Waals surface area (Å²) < 4.78 is 5.09. The van der Waals surface area contributed by atoms with E-state index in [1.54, 1.807) is 31.5 Å². The summed E-state index contributed by atoms with van der Waals surface area (Å²) in [6, 6.07) is 10.8. The number of nitrogens with zero attached hydrogens (tertiary/aromatic N) is 1. The molecule has 0 aliphatic heterocycles. The lowest BCUT2D eigenvalue weighted by molar-refractivity contribution is -0.122. The highest BCUT2D eigenvalue weighted by molar-refractivity contribution is 6.30. The van der Waals surface area contributed by atoms with Gasteiger partial charge in [-0.25, -0.2) is 4.98 Å². The maximum absolute atomic E-state index is 12.5. The third kappa shape index (κ3) is 4.50. The van der Waals surface area contributed by atoms with Crippen LogP contribution in [0.4, 0.5) is 0 Å². The van der Waals surface area contributed by atoms with Gasteiger partial charge in [-0.3, -0.25) is 4.79 Å². The number of methoxy groups -OCH3 is 1. The van der Waals surface area contributed by atoms with E-state index in [0.29, 0.717) is 23.7 Å². The number of amides is 1. The van der Waals surface area contributed by atoms with E-state index in [9.17, 15) is 9.90 Å². The fourth-order valence-electron chi connectivity index (χ4n) is 3.08. The first kappa shape index (κ1) is 17.7. The van der Waals surface area contributed by atoms with Crippen LogP contribution in [0.1, 0.15) is 30.0 Å². The SMILES string of the molecule is COc1ccc([C@H](NC(=O)Cc2ccc(Cl)cc2)C2CC(O)C2)cn1. The highest BCUT2D eigenvalue weighted by Gasteiger charge is 2.35. The second kappa shape index (κ2) is 7.85. The molecule has 1 heterocycles. The minimum atomic E-state index is -0.285. The summed E-state index contributed by atoms with van der Waals surface area (Å²) >= 11 is 5.88. The Kier molecular flexibility index (Phi) is 5.56. The predicted octanol–water partition coefficient (Wildman–Crippen LogP) is 2.91. The normalized spacial score (nSPS) is 20.4. The summed E-state index contributed by atoms with van der Waals surface area (Å²) in [4.78, 5) is 16.7. The van der Waals surface area contributed by atoms with Gasteiger partial charge in [0.05, 0.1) is 25.7 Å². The zero-order chi connectivity index (χ0) is 17.8. The standard InChI is InChI=1S/C19H21ClN2O3/c1-25-18-7-4-13(11-21-18)19(14-9-16(23)10-14)22-17(24)8-12-2-5-15(20)6-3-12/h2-7,11,14,16,19,23H,8-10H2,1H3,(H,22,24)/t14?,16?,19-/m0/s1. The lowest BCUT2D eigenvalue weighted by atomic mass is 9.75. The average molecular weight is 361 g/mol. The van der Waals surface area contributed by atoms with Gasteiger partial charge in [0.25, 0.3) is 0 Å². The number of carbonyl (C=O) groups excluding carboxylic acids is 1. The number of rotatable bonds is 6. The van der Waals surface area contributed by atoms with E-state index in [-0.39, 0.29) is 30.4 Å². The maximum atomic E-state index is 12.5. The quantitative estimate of drug-likeness (QED) is 0.830. The van der Waals surface area contributed by atoms with Crippen molar-refractivity contribution in [2.75, 3.05) is 7.11 Å². The summed E-state index contributed by atoms with van der Waals surface area (Å²) in [5, 5.41) is 13.4. The van der Waals surface area contributed by atoms with Gasteiger partial charge in [0, 0.05) is 17.3 Å². The second-order valence-electron chi connectivity index (χ2n) is 6.37. The molecule has 1 aliphatic rings. The van der Waals surface area contributed by atoms with E-state index >= 15 is 0 Å². The molecule has 0 spiro atoms. The second-order valence-corrected chi connectivity index (χ2v) is 6.80. The molecule has 6 heteroatoms. The van der Waals surface area contributed by atoms with Gasteiger partial charge < -0.3 is 15.2 Å². The monoisotopic (exact) mass is 360 g/mol. The number of ether oxygens (including phenoxy) is 1. The van der Waals surface area contributed by atoms with Crippen molar-refractivity contribution in [1.82, 2.24) is 10.3 Å². The Bertz CT molecular complexity index is 712. The molecule has 2 N–H and O–H groups in total. The third-order valence-corrected chi connectivity index (χ3v) is 4.79. The van der Waals surface area contributed by atoms with Crippen molar-refractivity contribution >= 4 is 17.5 Å². The summed E-state index contributed by atoms with van der Waals surface area (Å²) in [7, 11) is 1.57. The molecule has 1 aliphatic carbocycles. The van der Waals surface area contributed by atoms with Crippen molar-refractivity contribution in [1.29, 1.82) is 0 Å². The number of pyridine rings is 1. The lowest BCUT2D eigenvalue weighted by Gasteiger charge is -2.38. The van der Waals surface area contributed by atoms with E-state index in [1.807, 2.05) is 18.2 Å². The Labute approximate surface area is 152 Å². The molecule has 5 nitrogen and oxygen atoms in total. The summed E-state index contributed by atoms with van der Waals surface area (Å²) in [6.07, 6.45) is 3.07. The zero-order valence-electron chi connectivity index (χ0n) is 14.0. The van der Waals surface area contributed by atoms with Crippen molar-refractivity contribution < 1.29 is 14.6 Å². The number of carbonyl (C=O) groups is 1. The molecule has 132 valence electrons. The molecular formula is C19H21ClN2O3. The predicted molar refractivity (Wildman–Crippen MR) is 95.6 cm³/mol. The lowest BCUT2D eigenvalue weighted by Crippen LogP contribution is -2.41. The van der Waals surface area contributed by atoms with Crippen LogP contribution in [0.25, 0.3) is 0 Å². The molecule has 0 radical (unpaired) electrons. The Morgan fingerprint density at radius 1 is 1.32 bits per heavy atom. The van der Waals surface area contributed by atoms with Gasteiger partial charge in [-0.2, -0.15) is 0 Å². The van der Waals surface area contributed by atoms with Gasteiger partial charge in [-0.15, -0.1) is 0 Å². The highest BCUT2D eigenvalue weighted by Crippen LogP contribution is 2.38. The molecule has 2 aromatic rings. The molecule has 1 amide bonds. The fraction of sp³-hybridized carbons (Fsp3) is 0.368. The van der Waals surface area contributed by atoms with E-state index in [2.05, 4.69) is 10.3 Å². The number of aliphatic hydroxyl groups excluding tert-OH is 1. The van der Waals surface area contributed by atoms with Crippen LogP contribution in [0.15, 0.2) is 42.6 Å². The molecule has 1 atom stereocenters. The van der Waals surface area contributed by atoms with E-state index in [1.165, 1.54) is 0 Å². The van der Waals surface area contributed by atoms with E-state index < -0.39 is 0 Å². The number of hydrogen-bond acceptors (Lipinski definition) is 4. The molecule has 1 fully saturated rings. The van der Waals surface area contributed by atoms with E-state index in [0.717, 1.165) is 11.1 Å². The van der Waals surface area contributed by atoms with Crippen molar-refractivity contribution in [2.45, 2.75) is 31.4 Å². The first-order chi connectivity index (χ1) is 12.0. The van der Waals surface area contributed by atoms with Crippen LogP contribution >= 0.6 is 11.6 Å². The number of aromatic nitrogens is 1. The Hall–Kier alpha value is -2.11. The van der Waals surface area contributed by atoms with Crippen molar-refractivity contribution in [3.63, 3.8) is 0 Å². The molecule has 0 unspecified atom stereocenters. The summed E-state index contributed by atoms with van der Waals surface area (Å²) in [5.74, 6) is 0.674. The molecule has 0 bridgehead atoms. The maximum Gasteiger partial charge on any atom is 0.224 e. The first-order valence-corrected chi connectivity index (χ1v) is 8.64. The minimum absolute atomic E-state index is 0.0652. The van der Waals surface area contributed by atoms with Gasteiger partial charge in [-0.1, -0.05) is 29.8 Å². The average Bonchev–Trinajstić information content (AvgIpc) is 2.59. The molecule has 1 saturated carbocycles. The Morgan fingerprint density at radius 3 is 2.60 bits per heavy atom. The van der Waals surface area contributed by atoms with Crippen LogP contribution in [0.3, 0.4) is 0 Å². The largest absolute Gasteiger partial charge is 0.481 e. The van der Waals surface area contributed by atoms with Crippen molar-refractivity contribution in [3.05, 3.63) is 58.7 Å². The fourth-order valence-corrected chi connectivity index (χ4v) is 3.21. The van der Waals surface area contributed by atoms with Crippen LogP contribution in [0, 0.1) is 5.92 Å².